The second-order valence-electron chi connectivity index (χ2n) is 5.74. The normalized spacial score (nSPS) is 17.1. The maximum atomic E-state index is 6.16. The minimum Gasteiger partial charge on any atom is -0.491 e. The molecule has 1 heterocycles. The topological polar surface area (TPSA) is 53.1 Å². The van der Waals surface area contributed by atoms with Gasteiger partial charge < -0.3 is 15.0 Å². The van der Waals surface area contributed by atoms with E-state index >= 15 is 0 Å². The number of ether oxygens (including phenoxy) is 1. The summed E-state index contributed by atoms with van der Waals surface area (Å²) in [5.41, 5.74) is 8.15. The fourth-order valence-corrected chi connectivity index (χ4v) is 3.00. The molecule has 1 fully saturated rings. The number of imidazole rings is 1. The number of fused-ring (bicyclic) bond motifs is 1. The Morgan fingerprint density at radius 3 is 2.90 bits per heavy atom. The summed E-state index contributed by atoms with van der Waals surface area (Å²) in [6.07, 6.45) is 4.93. The molecule has 2 aromatic rings. The Labute approximate surface area is 119 Å². The number of aromatic nitrogens is 2. The lowest BCUT2D eigenvalue weighted by Crippen LogP contribution is -2.23. The summed E-state index contributed by atoms with van der Waals surface area (Å²) in [5.74, 6) is 2.18. The van der Waals surface area contributed by atoms with Crippen LogP contribution in [0.5, 0.6) is 5.75 Å². The van der Waals surface area contributed by atoms with Crippen molar-refractivity contribution in [3.8, 4) is 5.75 Å². The molecule has 2 N–H and O–H groups in total. The Morgan fingerprint density at radius 1 is 1.45 bits per heavy atom. The van der Waals surface area contributed by atoms with Crippen LogP contribution in [0.15, 0.2) is 18.2 Å². The lowest BCUT2D eigenvalue weighted by atomic mass is 9.80. The molecule has 108 valence electrons. The molecule has 0 amide bonds. The molecule has 4 heteroatoms. The highest BCUT2D eigenvalue weighted by Gasteiger charge is 2.28. The summed E-state index contributed by atoms with van der Waals surface area (Å²) in [6.45, 7) is 5.07. The van der Waals surface area contributed by atoms with Crippen LogP contribution in [0.4, 0.5) is 5.95 Å². The van der Waals surface area contributed by atoms with E-state index in [1.807, 2.05) is 12.1 Å². The molecule has 1 saturated carbocycles. The largest absolute Gasteiger partial charge is 0.491 e. The van der Waals surface area contributed by atoms with Crippen molar-refractivity contribution in [1.29, 1.82) is 0 Å². The molecule has 0 saturated heterocycles. The van der Waals surface area contributed by atoms with Crippen LogP contribution < -0.4 is 10.5 Å². The van der Waals surface area contributed by atoms with Gasteiger partial charge in [-0.25, -0.2) is 4.98 Å². The lowest BCUT2D eigenvalue weighted by molar-refractivity contribution is 0.227. The van der Waals surface area contributed by atoms with Gasteiger partial charge in [0, 0.05) is 6.04 Å². The van der Waals surface area contributed by atoms with E-state index in [1.165, 1.54) is 19.3 Å². The molecular formula is C16H23N3O. The molecular weight excluding hydrogens is 250 g/mol. The first kappa shape index (κ1) is 13.3. The molecule has 1 atom stereocenters. The highest BCUT2D eigenvalue weighted by Crippen LogP contribution is 2.39. The van der Waals surface area contributed by atoms with Crippen LogP contribution in [0, 0.1) is 5.92 Å². The van der Waals surface area contributed by atoms with Crippen LogP contribution in [-0.2, 0) is 0 Å². The molecule has 1 unspecified atom stereocenters. The van der Waals surface area contributed by atoms with Gasteiger partial charge in [0.05, 0.1) is 12.1 Å². The summed E-state index contributed by atoms with van der Waals surface area (Å²) in [4.78, 5) is 4.54. The average Bonchev–Trinajstić information content (AvgIpc) is 2.70. The second kappa shape index (κ2) is 5.35. The third-order valence-corrected chi connectivity index (χ3v) is 4.41. The maximum absolute atomic E-state index is 6.16. The predicted molar refractivity (Wildman–Crippen MR) is 82.0 cm³/mol. The van der Waals surface area contributed by atoms with Crippen molar-refractivity contribution in [2.75, 3.05) is 12.3 Å². The molecule has 0 bridgehead atoms. The first-order valence-corrected chi connectivity index (χ1v) is 7.61. The van der Waals surface area contributed by atoms with Crippen molar-refractivity contribution < 1.29 is 4.74 Å². The van der Waals surface area contributed by atoms with Crippen molar-refractivity contribution in [2.45, 2.75) is 45.6 Å². The summed E-state index contributed by atoms with van der Waals surface area (Å²) in [6, 6.07) is 6.50. The molecule has 1 aromatic carbocycles. The Kier molecular flexibility index (Phi) is 3.55. The number of hydrogen-bond acceptors (Lipinski definition) is 3. The van der Waals surface area contributed by atoms with Crippen molar-refractivity contribution in [3.63, 3.8) is 0 Å². The van der Waals surface area contributed by atoms with Crippen molar-refractivity contribution in [3.05, 3.63) is 18.2 Å². The first-order chi connectivity index (χ1) is 9.72. The highest BCUT2D eigenvalue weighted by atomic mass is 16.5. The van der Waals surface area contributed by atoms with Crippen LogP contribution in [0.2, 0.25) is 0 Å². The van der Waals surface area contributed by atoms with Crippen LogP contribution in [-0.4, -0.2) is 16.2 Å². The maximum Gasteiger partial charge on any atom is 0.201 e. The van der Waals surface area contributed by atoms with Gasteiger partial charge in [-0.3, -0.25) is 0 Å². The van der Waals surface area contributed by atoms with Crippen LogP contribution in [0.3, 0.4) is 0 Å². The monoisotopic (exact) mass is 273 g/mol. The van der Waals surface area contributed by atoms with Gasteiger partial charge >= 0.3 is 0 Å². The van der Waals surface area contributed by atoms with Gasteiger partial charge in [0.1, 0.15) is 11.3 Å². The minimum atomic E-state index is 0.412. The average molecular weight is 273 g/mol. The van der Waals surface area contributed by atoms with Crippen molar-refractivity contribution in [2.24, 2.45) is 5.92 Å². The van der Waals surface area contributed by atoms with Crippen LogP contribution in [0.25, 0.3) is 11.0 Å². The number of nitrogens with two attached hydrogens (primary N) is 1. The highest BCUT2D eigenvalue weighted by molar-refractivity contribution is 5.84. The molecule has 1 aliphatic carbocycles. The number of nitrogen functional groups attached to an aromatic ring is 1. The molecule has 1 aromatic heterocycles. The number of hydrogen-bond donors (Lipinski definition) is 1. The van der Waals surface area contributed by atoms with Gasteiger partial charge in [0.15, 0.2) is 0 Å². The van der Waals surface area contributed by atoms with Gasteiger partial charge in [-0.05, 0) is 44.2 Å². The molecule has 0 radical (unpaired) electrons. The van der Waals surface area contributed by atoms with E-state index < -0.39 is 0 Å². The van der Waals surface area contributed by atoms with Crippen LogP contribution >= 0.6 is 0 Å². The van der Waals surface area contributed by atoms with Gasteiger partial charge in [-0.1, -0.05) is 19.4 Å². The zero-order valence-corrected chi connectivity index (χ0v) is 12.3. The molecule has 0 spiro atoms. The lowest BCUT2D eigenvalue weighted by Gasteiger charge is -2.33. The van der Waals surface area contributed by atoms with E-state index in [0.29, 0.717) is 18.6 Å². The summed E-state index contributed by atoms with van der Waals surface area (Å²) in [7, 11) is 0. The fourth-order valence-electron chi connectivity index (χ4n) is 3.00. The quantitative estimate of drug-likeness (QED) is 0.902. The second-order valence-corrected chi connectivity index (χ2v) is 5.74. The number of para-hydroxylation sites is 1. The predicted octanol–water partition coefficient (Wildman–Crippen LogP) is 3.77. The van der Waals surface area contributed by atoms with E-state index in [0.717, 1.165) is 29.1 Å². The molecule has 20 heavy (non-hydrogen) atoms. The Morgan fingerprint density at radius 2 is 2.25 bits per heavy atom. The Hall–Kier alpha value is -1.71. The van der Waals surface area contributed by atoms with Gasteiger partial charge in [-0.15, -0.1) is 0 Å². The number of benzene rings is 1. The molecule has 4 nitrogen and oxygen atoms in total. The third-order valence-electron chi connectivity index (χ3n) is 4.41. The zero-order chi connectivity index (χ0) is 14.1. The van der Waals surface area contributed by atoms with Crippen molar-refractivity contribution in [1.82, 2.24) is 9.55 Å². The Bertz CT molecular complexity index is 601. The Balaban J connectivity index is 2.02. The summed E-state index contributed by atoms with van der Waals surface area (Å²) in [5, 5.41) is 0. The van der Waals surface area contributed by atoms with E-state index in [1.54, 1.807) is 0 Å². The van der Waals surface area contributed by atoms with E-state index in [9.17, 15) is 0 Å². The van der Waals surface area contributed by atoms with Gasteiger partial charge in [0.25, 0.3) is 0 Å². The molecule has 0 aliphatic heterocycles. The molecule has 3 rings (SSSR count). The van der Waals surface area contributed by atoms with E-state index in [2.05, 4.69) is 29.5 Å². The van der Waals surface area contributed by atoms with Gasteiger partial charge in [0.2, 0.25) is 5.95 Å². The third kappa shape index (κ3) is 2.13. The van der Waals surface area contributed by atoms with E-state index in [-0.39, 0.29) is 0 Å². The van der Waals surface area contributed by atoms with Crippen molar-refractivity contribution >= 4 is 17.0 Å². The fraction of sp³-hybridized carbons (Fsp3) is 0.562. The summed E-state index contributed by atoms with van der Waals surface area (Å²) >= 11 is 0. The SMILES string of the molecule is CCCOc1cccc2c1nc(N)n2C(C)C1CCC1. The summed E-state index contributed by atoms with van der Waals surface area (Å²) < 4.78 is 7.96. The number of nitrogens with zero attached hydrogens (tertiary/aromatic N) is 2. The molecule has 1 aliphatic rings. The number of anilines is 1. The van der Waals surface area contributed by atoms with E-state index in [4.69, 9.17) is 10.5 Å². The zero-order valence-electron chi connectivity index (χ0n) is 12.3. The van der Waals surface area contributed by atoms with Gasteiger partial charge in [-0.2, -0.15) is 0 Å². The standard InChI is InChI=1S/C16H23N3O/c1-3-10-20-14-9-5-8-13-15(14)18-16(17)19(13)11(2)12-6-4-7-12/h5,8-9,11-12H,3-4,6-7,10H2,1-2H3,(H2,17,18). The smallest absolute Gasteiger partial charge is 0.201 e. The first-order valence-electron chi connectivity index (χ1n) is 7.61. The van der Waals surface area contributed by atoms with Crippen LogP contribution in [0.1, 0.15) is 45.6 Å². The minimum absolute atomic E-state index is 0.412. The number of rotatable bonds is 5.